The van der Waals surface area contributed by atoms with Crippen molar-refractivity contribution in [3.8, 4) is 33.9 Å². The number of hydrogen-bond acceptors (Lipinski definition) is 5. The summed E-state index contributed by atoms with van der Waals surface area (Å²) in [4.78, 5) is 16.7. The van der Waals surface area contributed by atoms with Crippen molar-refractivity contribution in [3.05, 3.63) is 57.8 Å². The van der Waals surface area contributed by atoms with Gasteiger partial charge in [-0.05, 0) is 84.7 Å². The van der Waals surface area contributed by atoms with E-state index in [9.17, 15) is 9.00 Å². The lowest BCUT2D eigenvalue weighted by atomic mass is 9.80. The molecule has 0 saturated heterocycles. The molecule has 7 heteroatoms. The fourth-order valence-corrected chi connectivity index (χ4v) is 6.44. The Balaban J connectivity index is 1.87. The molecule has 35 heavy (non-hydrogen) atoms. The van der Waals surface area contributed by atoms with Crippen LogP contribution in [-0.2, 0) is 35.2 Å². The number of hydrogen-bond donors (Lipinski definition) is 0. The van der Waals surface area contributed by atoms with Gasteiger partial charge in [0.15, 0.2) is 0 Å². The molecule has 0 saturated carbocycles. The topological polar surface area (TPSA) is 68.7 Å². The number of benzene rings is 2. The second kappa shape index (κ2) is 9.11. The van der Waals surface area contributed by atoms with Gasteiger partial charge in [-0.15, -0.1) is 0 Å². The van der Waals surface area contributed by atoms with Crippen LogP contribution in [0.2, 0.25) is 0 Å². The van der Waals surface area contributed by atoms with Crippen LogP contribution in [0.25, 0.3) is 22.4 Å². The molecule has 0 spiro atoms. The number of nitrogens with zero attached hydrogens (tertiary/aromatic N) is 2. The summed E-state index contributed by atoms with van der Waals surface area (Å²) in [6.45, 7) is 7.48. The van der Waals surface area contributed by atoms with E-state index in [4.69, 9.17) is 14.5 Å². The Kier molecular flexibility index (Phi) is 6.13. The summed E-state index contributed by atoms with van der Waals surface area (Å²) < 4.78 is 26.2. The number of aromatic nitrogens is 1. The smallest absolute Gasteiger partial charge is 0.137 e. The summed E-state index contributed by atoms with van der Waals surface area (Å²) in [6, 6.07) is 6.14. The number of fused-ring (bicyclic) bond motifs is 4. The molecule has 0 N–H and O–H groups in total. The van der Waals surface area contributed by atoms with E-state index >= 15 is 0 Å². The van der Waals surface area contributed by atoms with Crippen molar-refractivity contribution >= 4 is 23.0 Å². The molecule has 3 aromatic rings. The number of ether oxygens (including phenoxy) is 2. The summed E-state index contributed by atoms with van der Waals surface area (Å²) in [6.07, 6.45) is 6.65. The summed E-state index contributed by atoms with van der Waals surface area (Å²) >= 11 is 0. The van der Waals surface area contributed by atoms with E-state index in [-0.39, 0.29) is 6.42 Å². The van der Waals surface area contributed by atoms with Crippen LogP contribution in [0.3, 0.4) is 0 Å². The van der Waals surface area contributed by atoms with Gasteiger partial charge in [-0.1, -0.05) is 6.07 Å². The van der Waals surface area contributed by atoms with Crippen molar-refractivity contribution in [2.45, 2.75) is 46.6 Å². The number of carbonyl (C=O) groups is 1. The molecule has 0 aliphatic carbocycles. The van der Waals surface area contributed by atoms with Crippen LogP contribution in [0.5, 0.6) is 11.5 Å². The second-order valence-corrected chi connectivity index (χ2v) is 10.5. The number of pyridine rings is 1. The lowest BCUT2D eigenvalue weighted by Gasteiger charge is -2.35. The first-order chi connectivity index (χ1) is 16.9. The second-order valence-electron chi connectivity index (χ2n) is 9.21. The number of carbonyl (C=O) groups excluding carboxylic acids is 1. The van der Waals surface area contributed by atoms with Crippen molar-refractivity contribution in [1.29, 1.82) is 0 Å². The van der Waals surface area contributed by atoms with Gasteiger partial charge >= 0.3 is 0 Å². The zero-order valence-electron chi connectivity index (χ0n) is 20.9. The summed E-state index contributed by atoms with van der Waals surface area (Å²) in [7, 11) is 0.365. The molecule has 0 fully saturated rings. The highest BCUT2D eigenvalue weighted by molar-refractivity contribution is 7.85. The molecule has 2 aliphatic heterocycles. The molecule has 3 heterocycles. The van der Waals surface area contributed by atoms with E-state index in [1.54, 1.807) is 19.6 Å². The van der Waals surface area contributed by atoms with Gasteiger partial charge in [-0.2, -0.15) is 0 Å². The fraction of sp³-hybridized carbons (Fsp3) is 0.357. The third-order valence-electron chi connectivity index (χ3n) is 7.33. The fourth-order valence-electron chi connectivity index (χ4n) is 5.63. The van der Waals surface area contributed by atoms with Crippen molar-refractivity contribution in [2.75, 3.05) is 24.3 Å². The van der Waals surface area contributed by atoms with Crippen LogP contribution in [0.1, 0.15) is 39.8 Å². The van der Waals surface area contributed by atoms with Gasteiger partial charge in [0.25, 0.3) is 0 Å². The molecule has 0 radical (unpaired) electrons. The van der Waals surface area contributed by atoms with Gasteiger partial charge in [-0.3, -0.25) is 9.29 Å². The molecule has 2 aliphatic rings. The molecule has 0 bridgehead atoms. The molecule has 1 unspecified atom stereocenters. The number of rotatable bonds is 5. The zero-order chi connectivity index (χ0) is 24.9. The highest BCUT2D eigenvalue weighted by atomic mass is 32.2. The third kappa shape index (κ3) is 3.73. The average molecular weight is 491 g/mol. The normalized spacial score (nSPS) is 14.9. The van der Waals surface area contributed by atoms with Crippen LogP contribution in [0.15, 0.2) is 24.4 Å². The average Bonchev–Trinajstić information content (AvgIpc) is 2.86. The highest BCUT2D eigenvalue weighted by Crippen LogP contribution is 2.49. The standard InChI is InChI=1S/C28H30N2O4S/c1-16-21-7-6-12-34-24(21)9-8-22(16)25-18(3)26-27-19(13-20(33-4)14-29-27)15-30(35(5)32)28(26)17(2)23(25)10-11-31/h8-9,11,13-14H,6-7,10,12,15H2,1-5H3. The van der Waals surface area contributed by atoms with E-state index in [1.165, 1.54) is 11.1 Å². The van der Waals surface area contributed by atoms with Gasteiger partial charge < -0.3 is 14.3 Å². The van der Waals surface area contributed by atoms with Gasteiger partial charge in [0.05, 0.1) is 37.8 Å². The maximum absolute atomic E-state index is 12.9. The molecule has 5 rings (SSSR count). The van der Waals surface area contributed by atoms with Crippen molar-refractivity contribution < 1.29 is 18.5 Å². The summed E-state index contributed by atoms with van der Waals surface area (Å²) in [5.74, 6) is 1.63. The van der Waals surface area contributed by atoms with Crippen LogP contribution in [-0.4, -0.2) is 35.5 Å². The number of aldehydes is 1. The minimum atomic E-state index is -1.26. The lowest BCUT2D eigenvalue weighted by molar-refractivity contribution is -0.107. The first-order valence-corrected chi connectivity index (χ1v) is 13.4. The van der Waals surface area contributed by atoms with Gasteiger partial charge in [0, 0.05) is 23.8 Å². The van der Waals surface area contributed by atoms with E-state index < -0.39 is 11.0 Å². The van der Waals surface area contributed by atoms with E-state index in [1.807, 2.05) is 17.3 Å². The van der Waals surface area contributed by atoms with Gasteiger partial charge in [-0.25, -0.2) is 4.21 Å². The SMILES string of the molecule is COc1cnc2c(c1)CN(S(C)=O)c1c(C)c(CC=O)c(-c3ccc4c(c3C)CCCO4)c(C)c1-2. The van der Waals surface area contributed by atoms with E-state index in [2.05, 4.69) is 26.0 Å². The lowest BCUT2D eigenvalue weighted by Crippen LogP contribution is -2.30. The molecule has 6 nitrogen and oxygen atoms in total. The molecular formula is C28H30N2O4S. The maximum Gasteiger partial charge on any atom is 0.137 e. The largest absolute Gasteiger partial charge is 0.495 e. The van der Waals surface area contributed by atoms with E-state index in [0.29, 0.717) is 12.3 Å². The number of methoxy groups -OCH3 is 1. The summed E-state index contributed by atoms with van der Waals surface area (Å²) in [5, 5.41) is 0. The van der Waals surface area contributed by atoms with Crippen LogP contribution >= 0.6 is 0 Å². The molecule has 2 aromatic carbocycles. The van der Waals surface area contributed by atoms with Crippen molar-refractivity contribution in [1.82, 2.24) is 4.98 Å². The quantitative estimate of drug-likeness (QED) is 0.469. The van der Waals surface area contributed by atoms with E-state index in [0.717, 1.165) is 81.8 Å². The van der Waals surface area contributed by atoms with Crippen LogP contribution < -0.4 is 13.8 Å². The Bertz CT molecular complexity index is 1380. The molecular weight excluding hydrogens is 460 g/mol. The van der Waals surface area contributed by atoms with Gasteiger partial charge in [0.1, 0.15) is 28.8 Å². The van der Waals surface area contributed by atoms with Crippen molar-refractivity contribution in [2.24, 2.45) is 0 Å². The predicted molar refractivity (Wildman–Crippen MR) is 140 cm³/mol. The molecule has 1 atom stereocenters. The molecule has 0 amide bonds. The third-order valence-corrected chi connectivity index (χ3v) is 8.26. The molecule has 182 valence electrons. The van der Waals surface area contributed by atoms with Crippen LogP contribution in [0.4, 0.5) is 5.69 Å². The monoisotopic (exact) mass is 490 g/mol. The first-order valence-electron chi connectivity index (χ1n) is 11.9. The highest BCUT2D eigenvalue weighted by Gasteiger charge is 2.33. The Labute approximate surface area is 208 Å². The number of anilines is 1. The summed E-state index contributed by atoms with van der Waals surface area (Å²) in [5.41, 5.74) is 11.3. The Morgan fingerprint density at radius 2 is 1.97 bits per heavy atom. The van der Waals surface area contributed by atoms with Crippen LogP contribution in [0, 0.1) is 20.8 Å². The van der Waals surface area contributed by atoms with Gasteiger partial charge in [0.2, 0.25) is 0 Å². The predicted octanol–water partition coefficient (Wildman–Crippen LogP) is 5.03. The Hall–Kier alpha value is -3.19. The maximum atomic E-state index is 12.9. The molecule has 1 aromatic heterocycles. The Morgan fingerprint density at radius 1 is 1.17 bits per heavy atom. The Morgan fingerprint density at radius 3 is 2.69 bits per heavy atom. The zero-order valence-corrected chi connectivity index (χ0v) is 21.7. The minimum Gasteiger partial charge on any atom is -0.495 e. The van der Waals surface area contributed by atoms with Crippen molar-refractivity contribution in [3.63, 3.8) is 0 Å². The first kappa shape index (κ1) is 23.5. The minimum absolute atomic E-state index is 0.287.